The number of carbonyl (C=O) groups is 1. The summed E-state index contributed by atoms with van der Waals surface area (Å²) in [4.78, 5) is 12.3. The van der Waals surface area contributed by atoms with Gasteiger partial charge in [0.05, 0.1) is 16.5 Å². The molecule has 1 amide bonds. The van der Waals surface area contributed by atoms with Gasteiger partial charge in [0.1, 0.15) is 5.58 Å². The van der Waals surface area contributed by atoms with Crippen LogP contribution in [0.3, 0.4) is 0 Å². The van der Waals surface area contributed by atoms with Gasteiger partial charge in [0.15, 0.2) is 16.7 Å². The first kappa shape index (κ1) is 20.1. The van der Waals surface area contributed by atoms with Gasteiger partial charge in [-0.3, -0.25) is 4.79 Å². The Morgan fingerprint density at radius 3 is 2.69 bits per heavy atom. The Hall–Kier alpha value is -2.19. The molecule has 4 aromatic rings. The van der Waals surface area contributed by atoms with Crippen molar-refractivity contribution < 1.29 is 9.21 Å². The summed E-state index contributed by atoms with van der Waals surface area (Å²) >= 11 is 19.3. The van der Waals surface area contributed by atoms with Crippen molar-refractivity contribution in [3.63, 3.8) is 0 Å². The van der Waals surface area contributed by atoms with E-state index >= 15 is 0 Å². The van der Waals surface area contributed by atoms with E-state index in [0.29, 0.717) is 43.1 Å². The zero-order valence-corrected chi connectivity index (χ0v) is 18.0. The van der Waals surface area contributed by atoms with E-state index in [9.17, 15) is 4.79 Å². The second kappa shape index (κ2) is 8.28. The quantitative estimate of drug-likeness (QED) is 0.369. The third kappa shape index (κ3) is 4.38. The fourth-order valence-corrected chi connectivity index (χ4v) is 3.92. The molecule has 10 heteroatoms. The highest BCUT2D eigenvalue weighted by atomic mass is 35.5. The molecule has 0 aliphatic carbocycles. The lowest BCUT2D eigenvalue weighted by atomic mass is 10.2. The van der Waals surface area contributed by atoms with Crippen molar-refractivity contribution in [3.8, 4) is 11.6 Å². The monoisotopic (exact) mass is 466 g/mol. The van der Waals surface area contributed by atoms with Crippen LogP contribution in [0.5, 0.6) is 0 Å². The van der Waals surface area contributed by atoms with Crippen LogP contribution in [0.25, 0.3) is 22.6 Å². The van der Waals surface area contributed by atoms with Crippen molar-refractivity contribution in [1.29, 1.82) is 0 Å². The molecule has 0 aliphatic heterocycles. The van der Waals surface area contributed by atoms with Crippen LogP contribution in [0, 0.1) is 0 Å². The Labute approximate surface area is 185 Å². The van der Waals surface area contributed by atoms with Crippen LogP contribution in [0.2, 0.25) is 15.1 Å². The summed E-state index contributed by atoms with van der Waals surface area (Å²) in [5, 5.41) is 14.1. The Morgan fingerprint density at radius 2 is 1.86 bits per heavy atom. The number of carbonyl (C=O) groups excluding carboxylic acids is 1. The number of furan rings is 1. The number of amides is 1. The van der Waals surface area contributed by atoms with Gasteiger partial charge in [-0.1, -0.05) is 46.6 Å². The Bertz CT molecular complexity index is 1220. The molecule has 1 N–H and O–H groups in total. The summed E-state index contributed by atoms with van der Waals surface area (Å²) < 4.78 is 7.60. The molecule has 0 saturated heterocycles. The highest BCUT2D eigenvalue weighted by molar-refractivity contribution is 7.99. The topological polar surface area (TPSA) is 73.0 Å². The van der Waals surface area contributed by atoms with E-state index in [1.54, 1.807) is 34.9 Å². The molecule has 0 radical (unpaired) electrons. The van der Waals surface area contributed by atoms with E-state index in [0.717, 1.165) is 5.39 Å². The zero-order valence-electron chi connectivity index (χ0n) is 14.9. The minimum atomic E-state index is -0.234. The molecule has 0 unspecified atom stereocenters. The molecule has 0 spiro atoms. The van der Waals surface area contributed by atoms with Gasteiger partial charge in [0, 0.05) is 22.5 Å². The van der Waals surface area contributed by atoms with E-state index in [4.69, 9.17) is 39.2 Å². The summed E-state index contributed by atoms with van der Waals surface area (Å²) in [5.74, 6) is 1.02. The van der Waals surface area contributed by atoms with Gasteiger partial charge in [0.25, 0.3) is 0 Å². The van der Waals surface area contributed by atoms with Crippen molar-refractivity contribution in [2.45, 2.75) is 5.16 Å². The molecular formula is C19H13Cl3N4O2S. The third-order valence-electron chi connectivity index (χ3n) is 4.07. The molecule has 148 valence electrons. The van der Waals surface area contributed by atoms with Crippen molar-refractivity contribution in [2.75, 3.05) is 11.1 Å². The lowest BCUT2D eigenvalue weighted by Gasteiger charge is -2.07. The van der Waals surface area contributed by atoms with Crippen LogP contribution in [0.1, 0.15) is 0 Å². The minimum Gasteiger partial charge on any atom is -0.453 e. The molecule has 0 atom stereocenters. The molecule has 29 heavy (non-hydrogen) atoms. The predicted octanol–water partition coefficient (Wildman–Crippen LogP) is 5.92. The Kier molecular flexibility index (Phi) is 5.74. The standard InChI is InChI=1S/C19H13Cl3N4O2S/c1-26-18(16-7-10-6-11(20)3-5-15(10)28-16)24-25-19(26)29-9-17(27)23-14-8-12(21)2-4-13(14)22/h2-8H,9H2,1H3,(H,23,27). The van der Waals surface area contributed by atoms with E-state index in [1.165, 1.54) is 11.8 Å². The number of benzene rings is 2. The number of thioether (sulfide) groups is 1. The number of fused-ring (bicyclic) bond motifs is 1. The molecule has 2 heterocycles. The highest BCUT2D eigenvalue weighted by Crippen LogP contribution is 2.30. The normalized spacial score (nSPS) is 11.2. The number of hydrogen-bond acceptors (Lipinski definition) is 5. The Balaban J connectivity index is 1.47. The average molecular weight is 468 g/mol. The van der Waals surface area contributed by atoms with Crippen molar-refractivity contribution in [3.05, 3.63) is 57.5 Å². The molecule has 2 aromatic heterocycles. The van der Waals surface area contributed by atoms with Crippen LogP contribution in [0.15, 0.2) is 52.0 Å². The van der Waals surface area contributed by atoms with Crippen molar-refractivity contribution in [1.82, 2.24) is 14.8 Å². The molecule has 0 bridgehead atoms. The third-order valence-corrected chi connectivity index (χ3v) is 5.89. The fourth-order valence-electron chi connectivity index (χ4n) is 2.69. The first-order valence-corrected chi connectivity index (χ1v) is 10.5. The summed E-state index contributed by atoms with van der Waals surface area (Å²) in [6.07, 6.45) is 0. The van der Waals surface area contributed by atoms with Gasteiger partial charge >= 0.3 is 0 Å². The predicted molar refractivity (Wildman–Crippen MR) is 117 cm³/mol. The number of nitrogens with one attached hydrogen (secondary N) is 1. The van der Waals surface area contributed by atoms with Gasteiger partial charge < -0.3 is 14.3 Å². The fraction of sp³-hybridized carbons (Fsp3) is 0.105. The largest absolute Gasteiger partial charge is 0.453 e. The van der Waals surface area contributed by atoms with Crippen LogP contribution in [0.4, 0.5) is 5.69 Å². The van der Waals surface area contributed by atoms with E-state index in [2.05, 4.69) is 15.5 Å². The summed E-state index contributed by atoms with van der Waals surface area (Å²) in [5.41, 5.74) is 1.17. The highest BCUT2D eigenvalue weighted by Gasteiger charge is 2.17. The smallest absolute Gasteiger partial charge is 0.234 e. The van der Waals surface area contributed by atoms with Gasteiger partial charge in [-0.15, -0.1) is 10.2 Å². The maximum atomic E-state index is 12.3. The molecule has 4 rings (SSSR count). The summed E-state index contributed by atoms with van der Waals surface area (Å²) in [7, 11) is 1.81. The van der Waals surface area contributed by atoms with E-state index < -0.39 is 0 Å². The number of anilines is 1. The number of hydrogen-bond donors (Lipinski definition) is 1. The van der Waals surface area contributed by atoms with Crippen molar-refractivity contribution >= 4 is 69.1 Å². The lowest BCUT2D eigenvalue weighted by Crippen LogP contribution is -2.14. The molecule has 0 aliphatic rings. The molecule has 0 fully saturated rings. The Morgan fingerprint density at radius 1 is 1.10 bits per heavy atom. The summed E-state index contributed by atoms with van der Waals surface area (Å²) in [6.45, 7) is 0. The van der Waals surface area contributed by atoms with Gasteiger partial charge in [0.2, 0.25) is 5.91 Å². The average Bonchev–Trinajstić information content (AvgIpc) is 3.25. The van der Waals surface area contributed by atoms with Crippen LogP contribution >= 0.6 is 46.6 Å². The molecule has 6 nitrogen and oxygen atoms in total. The van der Waals surface area contributed by atoms with Crippen LogP contribution in [-0.2, 0) is 11.8 Å². The number of rotatable bonds is 5. The first-order valence-electron chi connectivity index (χ1n) is 8.37. The molecule has 0 saturated carbocycles. The van der Waals surface area contributed by atoms with Gasteiger partial charge in [-0.25, -0.2) is 0 Å². The van der Waals surface area contributed by atoms with Gasteiger partial charge in [-0.05, 0) is 42.5 Å². The SMILES string of the molecule is Cn1c(SCC(=O)Nc2cc(Cl)ccc2Cl)nnc1-c1cc2cc(Cl)ccc2o1. The number of nitrogens with zero attached hydrogens (tertiary/aromatic N) is 3. The number of aromatic nitrogens is 3. The zero-order chi connectivity index (χ0) is 20.5. The number of halogens is 3. The van der Waals surface area contributed by atoms with E-state index in [-0.39, 0.29) is 11.7 Å². The van der Waals surface area contributed by atoms with Crippen LogP contribution < -0.4 is 5.32 Å². The molecule has 2 aromatic carbocycles. The maximum absolute atomic E-state index is 12.3. The van der Waals surface area contributed by atoms with Crippen LogP contribution in [-0.4, -0.2) is 26.4 Å². The molecular weight excluding hydrogens is 455 g/mol. The lowest BCUT2D eigenvalue weighted by molar-refractivity contribution is -0.113. The minimum absolute atomic E-state index is 0.130. The summed E-state index contributed by atoms with van der Waals surface area (Å²) in [6, 6.07) is 12.1. The van der Waals surface area contributed by atoms with Crippen molar-refractivity contribution in [2.24, 2.45) is 7.05 Å². The second-order valence-corrected chi connectivity index (χ2v) is 8.34. The van der Waals surface area contributed by atoms with E-state index in [1.807, 2.05) is 19.2 Å². The first-order chi connectivity index (χ1) is 13.9. The maximum Gasteiger partial charge on any atom is 0.234 e. The second-order valence-electron chi connectivity index (χ2n) is 6.12. The van der Waals surface area contributed by atoms with Gasteiger partial charge in [-0.2, -0.15) is 0 Å².